The Morgan fingerprint density at radius 1 is 1.18 bits per heavy atom. The van der Waals surface area contributed by atoms with E-state index in [1.165, 1.54) is 0 Å². The van der Waals surface area contributed by atoms with Crippen molar-refractivity contribution in [3.63, 3.8) is 0 Å². The molecule has 2 aromatic carbocycles. The van der Waals surface area contributed by atoms with Gasteiger partial charge in [-0.1, -0.05) is 35.9 Å². The van der Waals surface area contributed by atoms with Crippen molar-refractivity contribution in [3.05, 3.63) is 71.1 Å². The fraction of sp³-hybridized carbons (Fsp3) is 0.118. The second-order valence-corrected chi connectivity index (χ2v) is 5.30. The summed E-state index contributed by atoms with van der Waals surface area (Å²) in [5, 5.41) is 11.1. The topological polar surface area (TPSA) is 58.1 Å². The number of methoxy groups -OCH3 is 1. The SMILES string of the molecule is COc1cccc(C(O)c2ncc(-c3ccc(Cl)cc3)[nH]2)c1. The minimum atomic E-state index is -0.837. The Hall–Kier alpha value is -2.30. The first kappa shape index (κ1) is 14.6. The predicted molar refractivity (Wildman–Crippen MR) is 86.1 cm³/mol. The molecule has 1 atom stereocenters. The van der Waals surface area contributed by atoms with E-state index in [2.05, 4.69) is 9.97 Å². The Kier molecular flexibility index (Phi) is 4.13. The Morgan fingerprint density at radius 2 is 1.95 bits per heavy atom. The maximum Gasteiger partial charge on any atom is 0.140 e. The summed E-state index contributed by atoms with van der Waals surface area (Å²) >= 11 is 5.89. The third-order valence-electron chi connectivity index (χ3n) is 3.42. The summed E-state index contributed by atoms with van der Waals surface area (Å²) in [7, 11) is 1.59. The van der Waals surface area contributed by atoms with Gasteiger partial charge < -0.3 is 14.8 Å². The van der Waals surface area contributed by atoms with Crippen LogP contribution in [-0.2, 0) is 0 Å². The van der Waals surface area contributed by atoms with Crippen LogP contribution in [-0.4, -0.2) is 22.2 Å². The molecule has 0 radical (unpaired) electrons. The van der Waals surface area contributed by atoms with E-state index in [0.29, 0.717) is 16.6 Å². The number of aromatic nitrogens is 2. The highest BCUT2D eigenvalue weighted by molar-refractivity contribution is 6.30. The van der Waals surface area contributed by atoms with E-state index in [4.69, 9.17) is 16.3 Å². The number of hydrogen-bond donors (Lipinski definition) is 2. The number of nitrogens with one attached hydrogen (secondary N) is 1. The van der Waals surface area contributed by atoms with E-state index < -0.39 is 6.10 Å². The molecule has 0 spiro atoms. The molecule has 1 heterocycles. The van der Waals surface area contributed by atoms with Crippen LogP contribution < -0.4 is 4.74 Å². The van der Waals surface area contributed by atoms with Gasteiger partial charge in [0.25, 0.3) is 0 Å². The lowest BCUT2D eigenvalue weighted by atomic mass is 10.1. The van der Waals surface area contributed by atoms with Gasteiger partial charge in [0.05, 0.1) is 19.0 Å². The Morgan fingerprint density at radius 3 is 2.68 bits per heavy atom. The Balaban J connectivity index is 1.87. The van der Waals surface area contributed by atoms with E-state index >= 15 is 0 Å². The van der Waals surface area contributed by atoms with Gasteiger partial charge in [0.1, 0.15) is 17.7 Å². The standard InChI is InChI=1S/C17H15ClN2O2/c1-22-14-4-2-3-12(9-14)16(21)17-19-10-15(20-17)11-5-7-13(18)8-6-11/h2-10,16,21H,1H3,(H,19,20). The molecule has 0 aliphatic rings. The lowest BCUT2D eigenvalue weighted by Crippen LogP contribution is -2.02. The summed E-state index contributed by atoms with van der Waals surface area (Å²) < 4.78 is 5.17. The van der Waals surface area contributed by atoms with E-state index in [1.54, 1.807) is 19.4 Å². The van der Waals surface area contributed by atoms with Gasteiger partial charge in [0.2, 0.25) is 0 Å². The smallest absolute Gasteiger partial charge is 0.140 e. The van der Waals surface area contributed by atoms with Gasteiger partial charge in [-0.05, 0) is 35.4 Å². The summed E-state index contributed by atoms with van der Waals surface area (Å²) in [4.78, 5) is 7.41. The Labute approximate surface area is 133 Å². The number of imidazole rings is 1. The zero-order valence-corrected chi connectivity index (χ0v) is 12.7. The molecule has 0 fully saturated rings. The van der Waals surface area contributed by atoms with Crippen molar-refractivity contribution in [2.45, 2.75) is 6.10 Å². The van der Waals surface area contributed by atoms with Crippen molar-refractivity contribution in [2.75, 3.05) is 7.11 Å². The molecular formula is C17H15ClN2O2. The fourth-order valence-corrected chi connectivity index (χ4v) is 2.35. The first-order chi connectivity index (χ1) is 10.7. The quantitative estimate of drug-likeness (QED) is 0.769. The summed E-state index contributed by atoms with van der Waals surface area (Å²) in [5.41, 5.74) is 2.51. The van der Waals surface area contributed by atoms with Gasteiger partial charge in [-0.25, -0.2) is 4.98 Å². The van der Waals surface area contributed by atoms with Crippen LogP contribution in [0.2, 0.25) is 5.02 Å². The number of halogens is 1. The van der Waals surface area contributed by atoms with Gasteiger partial charge in [-0.3, -0.25) is 0 Å². The predicted octanol–water partition coefficient (Wildman–Crippen LogP) is 3.82. The van der Waals surface area contributed by atoms with Crippen molar-refractivity contribution >= 4 is 11.6 Å². The number of ether oxygens (including phenoxy) is 1. The molecule has 4 nitrogen and oxygen atoms in total. The maximum absolute atomic E-state index is 10.4. The number of benzene rings is 2. The van der Waals surface area contributed by atoms with Gasteiger partial charge in [-0.2, -0.15) is 0 Å². The lowest BCUT2D eigenvalue weighted by molar-refractivity contribution is 0.210. The molecule has 0 bridgehead atoms. The number of aliphatic hydroxyl groups excluding tert-OH is 1. The highest BCUT2D eigenvalue weighted by atomic mass is 35.5. The van der Waals surface area contributed by atoms with E-state index in [1.807, 2.05) is 42.5 Å². The van der Waals surface area contributed by atoms with Gasteiger partial charge in [0, 0.05) is 5.02 Å². The van der Waals surface area contributed by atoms with Crippen molar-refractivity contribution < 1.29 is 9.84 Å². The number of rotatable bonds is 4. The minimum Gasteiger partial charge on any atom is -0.497 e. The van der Waals surface area contributed by atoms with Crippen LogP contribution in [0.5, 0.6) is 5.75 Å². The summed E-state index contributed by atoms with van der Waals surface area (Å²) in [6.45, 7) is 0. The average molecular weight is 315 g/mol. The second-order valence-electron chi connectivity index (χ2n) is 4.87. The number of nitrogens with zero attached hydrogens (tertiary/aromatic N) is 1. The molecule has 112 valence electrons. The summed E-state index contributed by atoms with van der Waals surface area (Å²) in [5.74, 6) is 1.18. The first-order valence-electron chi connectivity index (χ1n) is 6.80. The van der Waals surface area contributed by atoms with Crippen LogP contribution in [0.3, 0.4) is 0 Å². The molecule has 1 aromatic heterocycles. The first-order valence-corrected chi connectivity index (χ1v) is 7.18. The minimum absolute atomic E-state index is 0.484. The molecule has 3 rings (SSSR count). The Bertz CT molecular complexity index is 768. The number of aliphatic hydroxyl groups is 1. The van der Waals surface area contributed by atoms with E-state index in [-0.39, 0.29) is 0 Å². The third-order valence-corrected chi connectivity index (χ3v) is 3.67. The summed E-state index contributed by atoms with van der Waals surface area (Å²) in [6, 6.07) is 14.7. The van der Waals surface area contributed by atoms with Crippen molar-refractivity contribution in [2.24, 2.45) is 0 Å². The molecule has 0 saturated heterocycles. The van der Waals surface area contributed by atoms with Crippen LogP contribution in [0.25, 0.3) is 11.3 Å². The second kappa shape index (κ2) is 6.22. The zero-order chi connectivity index (χ0) is 15.5. The third kappa shape index (κ3) is 2.98. The molecule has 0 saturated carbocycles. The molecule has 0 aliphatic heterocycles. The molecule has 22 heavy (non-hydrogen) atoms. The van der Waals surface area contributed by atoms with Crippen molar-refractivity contribution in [1.29, 1.82) is 0 Å². The van der Waals surface area contributed by atoms with Gasteiger partial charge >= 0.3 is 0 Å². The molecule has 1 unspecified atom stereocenters. The lowest BCUT2D eigenvalue weighted by Gasteiger charge is -2.09. The van der Waals surface area contributed by atoms with Crippen LogP contribution in [0, 0.1) is 0 Å². The maximum atomic E-state index is 10.4. The van der Waals surface area contributed by atoms with Crippen molar-refractivity contribution in [3.8, 4) is 17.0 Å². The van der Waals surface area contributed by atoms with Crippen molar-refractivity contribution in [1.82, 2.24) is 9.97 Å². The number of aromatic amines is 1. The van der Waals surface area contributed by atoms with Gasteiger partial charge in [0.15, 0.2) is 0 Å². The van der Waals surface area contributed by atoms with Crippen LogP contribution >= 0.6 is 11.6 Å². The fourth-order valence-electron chi connectivity index (χ4n) is 2.22. The molecule has 0 amide bonds. The normalized spacial score (nSPS) is 12.1. The van der Waals surface area contributed by atoms with E-state index in [0.717, 1.165) is 16.8 Å². The molecular weight excluding hydrogens is 300 g/mol. The van der Waals surface area contributed by atoms with Crippen LogP contribution in [0.15, 0.2) is 54.7 Å². The van der Waals surface area contributed by atoms with Gasteiger partial charge in [-0.15, -0.1) is 0 Å². The molecule has 0 aliphatic carbocycles. The highest BCUT2D eigenvalue weighted by Crippen LogP contribution is 2.26. The number of hydrogen-bond acceptors (Lipinski definition) is 3. The van der Waals surface area contributed by atoms with Crippen LogP contribution in [0.1, 0.15) is 17.5 Å². The van der Waals surface area contributed by atoms with E-state index in [9.17, 15) is 5.11 Å². The molecule has 3 aromatic rings. The monoisotopic (exact) mass is 314 g/mol. The average Bonchev–Trinajstić information content (AvgIpc) is 3.05. The largest absolute Gasteiger partial charge is 0.497 e. The molecule has 2 N–H and O–H groups in total. The molecule has 5 heteroatoms. The highest BCUT2D eigenvalue weighted by Gasteiger charge is 2.15. The summed E-state index contributed by atoms with van der Waals surface area (Å²) in [6.07, 6.45) is 0.859. The zero-order valence-electron chi connectivity index (χ0n) is 12.0. The van der Waals surface area contributed by atoms with Crippen LogP contribution in [0.4, 0.5) is 0 Å². The number of H-pyrrole nitrogens is 1.